The highest BCUT2D eigenvalue weighted by Gasteiger charge is 2.00. The van der Waals surface area contributed by atoms with Gasteiger partial charge in [0.2, 0.25) is 0 Å². The second-order valence-corrected chi connectivity index (χ2v) is 4.50. The van der Waals surface area contributed by atoms with Crippen molar-refractivity contribution in [2.45, 2.75) is 27.2 Å². The molecule has 0 amide bonds. The van der Waals surface area contributed by atoms with Crippen LogP contribution in [-0.2, 0) is 6.42 Å². The Labute approximate surface area is 78.8 Å². The Hall–Kier alpha value is -0.340. The molecule has 0 spiro atoms. The summed E-state index contributed by atoms with van der Waals surface area (Å²) in [6.45, 7) is 8.70. The molecule has 0 radical (unpaired) electrons. The number of aryl methyl sites for hydroxylation is 2. The van der Waals surface area contributed by atoms with Crippen molar-refractivity contribution < 1.29 is 0 Å². The molecule has 0 aliphatic heterocycles. The number of hydrogen-bond acceptors (Lipinski definition) is 2. The molecule has 0 aliphatic carbocycles. The second kappa shape index (κ2) is 4.63. The van der Waals surface area contributed by atoms with Crippen LogP contribution in [0, 0.1) is 13.8 Å². The summed E-state index contributed by atoms with van der Waals surface area (Å²) < 4.78 is 0. The van der Waals surface area contributed by atoms with E-state index < -0.39 is 0 Å². The van der Waals surface area contributed by atoms with Crippen LogP contribution in [0.15, 0.2) is 6.07 Å². The minimum atomic E-state index is 1.07. The number of nitrogens with one attached hydrogen (secondary N) is 1. The van der Waals surface area contributed by atoms with Crippen LogP contribution in [0.25, 0.3) is 0 Å². The molecule has 0 bridgehead atoms. The third kappa shape index (κ3) is 2.61. The minimum Gasteiger partial charge on any atom is -0.317 e. The van der Waals surface area contributed by atoms with Crippen LogP contribution in [-0.4, -0.2) is 13.1 Å². The topological polar surface area (TPSA) is 12.0 Å². The van der Waals surface area contributed by atoms with E-state index in [0.29, 0.717) is 0 Å². The van der Waals surface area contributed by atoms with Crippen LogP contribution < -0.4 is 5.32 Å². The van der Waals surface area contributed by atoms with E-state index in [1.165, 1.54) is 21.7 Å². The van der Waals surface area contributed by atoms with Crippen molar-refractivity contribution in [2.24, 2.45) is 0 Å². The smallest absolute Gasteiger partial charge is 0.00495 e. The molecule has 1 N–H and O–H groups in total. The van der Waals surface area contributed by atoms with Crippen LogP contribution >= 0.6 is 11.3 Å². The molecule has 1 heterocycles. The van der Waals surface area contributed by atoms with Crippen LogP contribution in [0.1, 0.15) is 22.2 Å². The van der Waals surface area contributed by atoms with Gasteiger partial charge in [-0.1, -0.05) is 6.92 Å². The summed E-state index contributed by atoms with van der Waals surface area (Å²) in [5.74, 6) is 0. The summed E-state index contributed by atoms with van der Waals surface area (Å²) in [7, 11) is 0. The Morgan fingerprint density at radius 3 is 2.67 bits per heavy atom. The highest BCUT2D eigenvalue weighted by atomic mass is 32.1. The van der Waals surface area contributed by atoms with Gasteiger partial charge in [-0.25, -0.2) is 0 Å². The normalized spacial score (nSPS) is 10.6. The second-order valence-electron chi connectivity index (χ2n) is 3.04. The molecule has 0 saturated heterocycles. The summed E-state index contributed by atoms with van der Waals surface area (Å²) in [5.41, 5.74) is 1.51. The lowest BCUT2D eigenvalue weighted by Gasteiger charge is -2.00. The van der Waals surface area contributed by atoms with Gasteiger partial charge in [0.25, 0.3) is 0 Å². The largest absolute Gasteiger partial charge is 0.317 e. The van der Waals surface area contributed by atoms with Crippen molar-refractivity contribution >= 4 is 11.3 Å². The van der Waals surface area contributed by atoms with Crippen molar-refractivity contribution in [1.82, 2.24) is 5.32 Å². The van der Waals surface area contributed by atoms with Crippen LogP contribution in [0.5, 0.6) is 0 Å². The first-order valence-corrected chi connectivity index (χ1v) is 5.32. The molecule has 1 nitrogen and oxygen atoms in total. The van der Waals surface area contributed by atoms with E-state index >= 15 is 0 Å². The number of likely N-dealkylation sites (N-methyl/N-ethyl adjacent to an activating group) is 1. The minimum absolute atomic E-state index is 1.07. The lowest BCUT2D eigenvalue weighted by Crippen LogP contribution is -2.15. The third-order valence-corrected chi connectivity index (χ3v) is 2.97. The molecule has 68 valence electrons. The standard InChI is InChI=1S/C10H17NS/c1-4-11-6-5-10-7-8(2)12-9(10)3/h7,11H,4-6H2,1-3H3. The summed E-state index contributed by atoms with van der Waals surface area (Å²) in [4.78, 5) is 2.91. The molecule has 0 fully saturated rings. The average molecular weight is 183 g/mol. The predicted molar refractivity (Wildman–Crippen MR) is 56.0 cm³/mol. The zero-order chi connectivity index (χ0) is 8.97. The van der Waals surface area contributed by atoms with Gasteiger partial charge in [-0.2, -0.15) is 0 Å². The molecule has 0 unspecified atom stereocenters. The maximum atomic E-state index is 3.34. The van der Waals surface area contributed by atoms with Crippen molar-refractivity contribution in [2.75, 3.05) is 13.1 Å². The molecule has 0 aliphatic rings. The molecule has 1 aromatic heterocycles. The molecule has 1 rings (SSSR count). The summed E-state index contributed by atoms with van der Waals surface area (Å²) in [6, 6.07) is 2.30. The van der Waals surface area contributed by atoms with Crippen LogP contribution in [0.4, 0.5) is 0 Å². The van der Waals surface area contributed by atoms with Gasteiger partial charge in [-0.3, -0.25) is 0 Å². The SMILES string of the molecule is CCNCCc1cc(C)sc1C. The zero-order valence-corrected chi connectivity index (χ0v) is 8.92. The molecule has 0 atom stereocenters. The first-order valence-electron chi connectivity index (χ1n) is 4.50. The van der Waals surface area contributed by atoms with Crippen molar-refractivity contribution in [3.8, 4) is 0 Å². The third-order valence-electron chi connectivity index (χ3n) is 1.96. The van der Waals surface area contributed by atoms with Crippen molar-refractivity contribution in [3.05, 3.63) is 21.4 Å². The first kappa shape index (κ1) is 9.75. The van der Waals surface area contributed by atoms with E-state index in [4.69, 9.17) is 0 Å². The van der Waals surface area contributed by atoms with Gasteiger partial charge in [-0.05, 0) is 45.0 Å². The average Bonchev–Trinajstić information content (AvgIpc) is 2.31. The van der Waals surface area contributed by atoms with Crippen molar-refractivity contribution in [3.63, 3.8) is 0 Å². The van der Waals surface area contributed by atoms with Gasteiger partial charge < -0.3 is 5.32 Å². The Bertz CT molecular complexity index is 240. The molecule has 2 heteroatoms. The molecular weight excluding hydrogens is 166 g/mol. The van der Waals surface area contributed by atoms with E-state index in [-0.39, 0.29) is 0 Å². The summed E-state index contributed by atoms with van der Waals surface area (Å²) in [6.07, 6.45) is 1.17. The summed E-state index contributed by atoms with van der Waals surface area (Å²) >= 11 is 1.90. The van der Waals surface area contributed by atoms with E-state index in [0.717, 1.165) is 13.1 Å². The monoisotopic (exact) mass is 183 g/mol. The lowest BCUT2D eigenvalue weighted by molar-refractivity contribution is 0.716. The van der Waals surface area contributed by atoms with Gasteiger partial charge in [-0.15, -0.1) is 11.3 Å². The van der Waals surface area contributed by atoms with Crippen LogP contribution in [0.3, 0.4) is 0 Å². The Morgan fingerprint density at radius 2 is 2.17 bits per heavy atom. The van der Waals surface area contributed by atoms with Gasteiger partial charge in [0.15, 0.2) is 0 Å². The summed E-state index contributed by atoms with van der Waals surface area (Å²) in [5, 5.41) is 3.34. The number of thiophene rings is 1. The van der Waals surface area contributed by atoms with Gasteiger partial charge in [0.05, 0.1) is 0 Å². The molecule has 1 aromatic rings. The molecule has 0 saturated carbocycles. The molecular formula is C10H17NS. The predicted octanol–water partition coefficient (Wildman–Crippen LogP) is 2.52. The highest BCUT2D eigenvalue weighted by molar-refractivity contribution is 7.12. The fraction of sp³-hybridized carbons (Fsp3) is 0.600. The van der Waals surface area contributed by atoms with E-state index in [1.54, 1.807) is 0 Å². The fourth-order valence-corrected chi connectivity index (χ4v) is 2.31. The number of hydrogen-bond donors (Lipinski definition) is 1. The quantitative estimate of drug-likeness (QED) is 0.707. The highest BCUT2D eigenvalue weighted by Crippen LogP contribution is 2.20. The van der Waals surface area contributed by atoms with Gasteiger partial charge in [0, 0.05) is 9.75 Å². The van der Waals surface area contributed by atoms with Gasteiger partial charge >= 0.3 is 0 Å². The van der Waals surface area contributed by atoms with E-state index in [9.17, 15) is 0 Å². The van der Waals surface area contributed by atoms with E-state index in [1.807, 2.05) is 11.3 Å². The lowest BCUT2D eigenvalue weighted by atomic mass is 10.2. The van der Waals surface area contributed by atoms with E-state index in [2.05, 4.69) is 32.2 Å². The van der Waals surface area contributed by atoms with Crippen molar-refractivity contribution in [1.29, 1.82) is 0 Å². The molecule has 0 aromatic carbocycles. The Morgan fingerprint density at radius 1 is 1.42 bits per heavy atom. The zero-order valence-electron chi connectivity index (χ0n) is 8.11. The molecule has 12 heavy (non-hydrogen) atoms. The maximum Gasteiger partial charge on any atom is 0.00495 e. The Kier molecular flexibility index (Phi) is 3.76. The van der Waals surface area contributed by atoms with Gasteiger partial charge in [0.1, 0.15) is 0 Å². The number of rotatable bonds is 4. The maximum absolute atomic E-state index is 3.34. The van der Waals surface area contributed by atoms with Crippen LogP contribution in [0.2, 0.25) is 0 Å². The Balaban J connectivity index is 2.45. The fourth-order valence-electron chi connectivity index (χ4n) is 1.33. The first-order chi connectivity index (χ1) is 5.74.